The molecular formula is C19H22N2O6. The van der Waals surface area contributed by atoms with Crippen molar-refractivity contribution in [3.63, 3.8) is 0 Å². The van der Waals surface area contributed by atoms with E-state index in [0.717, 1.165) is 0 Å². The van der Waals surface area contributed by atoms with E-state index in [0.29, 0.717) is 35.1 Å². The lowest BCUT2D eigenvalue weighted by molar-refractivity contribution is 0.0514. The summed E-state index contributed by atoms with van der Waals surface area (Å²) >= 11 is 0. The third kappa shape index (κ3) is 3.84. The average Bonchev–Trinajstić information content (AvgIpc) is 3.12. The van der Waals surface area contributed by atoms with Crippen LogP contribution in [-0.4, -0.2) is 47.7 Å². The van der Waals surface area contributed by atoms with Gasteiger partial charge in [0.25, 0.3) is 0 Å². The quantitative estimate of drug-likeness (QED) is 0.541. The minimum Gasteiger partial charge on any atom is -0.462 e. The first-order valence-electron chi connectivity index (χ1n) is 8.56. The van der Waals surface area contributed by atoms with Gasteiger partial charge in [-0.05, 0) is 38.8 Å². The van der Waals surface area contributed by atoms with Gasteiger partial charge in [-0.2, -0.15) is 0 Å². The molecule has 2 aromatic rings. The number of aldehydes is 2. The predicted molar refractivity (Wildman–Crippen MR) is 96.6 cm³/mol. The minimum atomic E-state index is -0.596. The molecule has 0 aliphatic heterocycles. The molecule has 0 radical (unpaired) electrons. The normalized spacial score (nSPS) is 10.5. The van der Waals surface area contributed by atoms with Gasteiger partial charge in [0, 0.05) is 17.8 Å². The van der Waals surface area contributed by atoms with Crippen molar-refractivity contribution in [2.45, 2.75) is 34.1 Å². The molecule has 0 fully saturated rings. The molecule has 2 N–H and O–H groups in total. The maximum absolute atomic E-state index is 12.3. The molecule has 2 heterocycles. The number of hydrogen-bond acceptors (Lipinski definition) is 6. The van der Waals surface area contributed by atoms with Crippen LogP contribution < -0.4 is 0 Å². The summed E-state index contributed by atoms with van der Waals surface area (Å²) in [6, 6.07) is 0. The fourth-order valence-electron chi connectivity index (χ4n) is 2.99. The summed E-state index contributed by atoms with van der Waals surface area (Å²) in [4.78, 5) is 52.9. The van der Waals surface area contributed by atoms with Crippen molar-refractivity contribution in [3.8, 4) is 0 Å². The fraction of sp³-hybridized carbons (Fsp3) is 0.368. The van der Waals surface area contributed by atoms with Gasteiger partial charge in [-0.3, -0.25) is 9.59 Å². The Morgan fingerprint density at radius 3 is 1.85 bits per heavy atom. The van der Waals surface area contributed by atoms with E-state index in [4.69, 9.17) is 9.47 Å². The van der Waals surface area contributed by atoms with Crippen LogP contribution in [0.3, 0.4) is 0 Å². The largest absolute Gasteiger partial charge is 0.462 e. The first-order valence-corrected chi connectivity index (χ1v) is 8.56. The van der Waals surface area contributed by atoms with Crippen LogP contribution >= 0.6 is 0 Å². The summed E-state index contributed by atoms with van der Waals surface area (Å²) in [5.41, 5.74) is 2.89. The minimum absolute atomic E-state index is 0.109. The number of hydrogen-bond donors (Lipinski definition) is 2. The van der Waals surface area contributed by atoms with E-state index in [2.05, 4.69) is 9.97 Å². The molecule has 0 amide bonds. The highest BCUT2D eigenvalue weighted by Gasteiger charge is 2.25. The lowest BCUT2D eigenvalue weighted by Gasteiger charge is -2.06. The predicted octanol–water partition coefficient (Wildman–Crippen LogP) is 2.53. The molecule has 0 aliphatic rings. The Morgan fingerprint density at radius 1 is 0.815 bits per heavy atom. The number of carbonyl (C=O) groups excluding carboxylic acids is 4. The van der Waals surface area contributed by atoms with Gasteiger partial charge < -0.3 is 19.4 Å². The number of aromatic nitrogens is 2. The highest BCUT2D eigenvalue weighted by atomic mass is 16.5. The molecule has 0 bridgehead atoms. The van der Waals surface area contributed by atoms with Crippen molar-refractivity contribution in [2.75, 3.05) is 13.2 Å². The Hall–Kier alpha value is -3.16. The molecule has 0 saturated heterocycles. The molecule has 27 heavy (non-hydrogen) atoms. The zero-order valence-electron chi connectivity index (χ0n) is 15.7. The van der Waals surface area contributed by atoms with E-state index in [9.17, 15) is 19.2 Å². The number of nitrogens with one attached hydrogen (secondary N) is 2. The van der Waals surface area contributed by atoms with Gasteiger partial charge >= 0.3 is 11.9 Å². The number of H-pyrrole nitrogens is 2. The smallest absolute Gasteiger partial charge is 0.340 e. The van der Waals surface area contributed by atoms with Gasteiger partial charge in [0.1, 0.15) is 0 Å². The Balaban J connectivity index is 2.51. The highest BCUT2D eigenvalue weighted by molar-refractivity contribution is 5.99. The first kappa shape index (κ1) is 20.2. The van der Waals surface area contributed by atoms with Gasteiger partial charge in [0.2, 0.25) is 0 Å². The first-order chi connectivity index (χ1) is 12.9. The van der Waals surface area contributed by atoms with E-state index in [1.807, 2.05) is 0 Å². The van der Waals surface area contributed by atoms with Crippen LogP contribution in [-0.2, 0) is 15.9 Å². The molecule has 0 aliphatic carbocycles. The molecule has 8 heteroatoms. The molecule has 0 unspecified atom stereocenters. The number of ether oxygens (including phenoxy) is 2. The summed E-state index contributed by atoms with van der Waals surface area (Å²) in [7, 11) is 0. The Bertz CT molecular complexity index is 891. The maximum atomic E-state index is 12.3. The van der Waals surface area contributed by atoms with Crippen LogP contribution in [0.15, 0.2) is 0 Å². The van der Waals surface area contributed by atoms with E-state index in [1.54, 1.807) is 27.7 Å². The van der Waals surface area contributed by atoms with Gasteiger partial charge in [0.05, 0.1) is 35.7 Å². The molecule has 0 aromatic carbocycles. The SMILES string of the molecule is CCOC(=O)c1c(C=O)[nH]c(Cc2[nH]c(C=O)c(C)c2C(=O)OCC)c1C. The van der Waals surface area contributed by atoms with E-state index < -0.39 is 11.9 Å². The molecular weight excluding hydrogens is 352 g/mol. The monoisotopic (exact) mass is 374 g/mol. The molecule has 8 nitrogen and oxygen atoms in total. The van der Waals surface area contributed by atoms with Crippen molar-refractivity contribution in [1.29, 1.82) is 0 Å². The number of rotatable bonds is 8. The third-order valence-electron chi connectivity index (χ3n) is 4.30. The van der Waals surface area contributed by atoms with Crippen LogP contribution in [0.5, 0.6) is 0 Å². The standard InChI is InChI=1S/C19H22N2O6/c1-5-26-18(24)16-11(4)14(8-22)21-13(16)7-12-10(3)17(15(9-23)20-12)19(25)27-6-2/h8-9,20-21H,5-7H2,1-4H3. The zero-order valence-corrected chi connectivity index (χ0v) is 15.7. The summed E-state index contributed by atoms with van der Waals surface area (Å²) < 4.78 is 10.1. The van der Waals surface area contributed by atoms with Crippen LogP contribution in [0.2, 0.25) is 0 Å². The molecule has 0 saturated carbocycles. The van der Waals surface area contributed by atoms with Gasteiger partial charge in [0.15, 0.2) is 12.6 Å². The third-order valence-corrected chi connectivity index (χ3v) is 4.30. The lowest BCUT2D eigenvalue weighted by Crippen LogP contribution is -2.09. The number of esters is 2. The van der Waals surface area contributed by atoms with E-state index in [-0.39, 0.29) is 42.1 Å². The van der Waals surface area contributed by atoms with Crippen LogP contribution in [0.4, 0.5) is 0 Å². The Morgan fingerprint density at radius 2 is 1.33 bits per heavy atom. The molecule has 2 rings (SSSR count). The average molecular weight is 374 g/mol. The van der Waals surface area contributed by atoms with Crippen LogP contribution in [0, 0.1) is 13.8 Å². The second-order valence-corrected chi connectivity index (χ2v) is 5.89. The number of aromatic amines is 2. The summed E-state index contributed by atoms with van der Waals surface area (Å²) in [6.45, 7) is 7.09. The topological polar surface area (TPSA) is 118 Å². The van der Waals surface area contributed by atoms with Crippen molar-refractivity contribution in [1.82, 2.24) is 9.97 Å². The van der Waals surface area contributed by atoms with E-state index >= 15 is 0 Å². The zero-order chi connectivity index (χ0) is 20.1. The molecule has 2 aromatic heterocycles. The maximum Gasteiger partial charge on any atom is 0.340 e. The van der Waals surface area contributed by atoms with Crippen molar-refractivity contribution in [2.24, 2.45) is 0 Å². The van der Waals surface area contributed by atoms with Crippen LogP contribution in [0.1, 0.15) is 78.1 Å². The molecule has 0 spiro atoms. The summed E-state index contributed by atoms with van der Waals surface area (Å²) in [6.07, 6.45) is 1.35. The lowest BCUT2D eigenvalue weighted by atomic mass is 10.0. The summed E-state index contributed by atoms with van der Waals surface area (Å²) in [5.74, 6) is -1.14. The van der Waals surface area contributed by atoms with Gasteiger partial charge in [-0.1, -0.05) is 0 Å². The Kier molecular flexibility index (Phi) is 6.33. The van der Waals surface area contributed by atoms with Crippen molar-refractivity contribution >= 4 is 24.5 Å². The van der Waals surface area contributed by atoms with Gasteiger partial charge in [-0.15, -0.1) is 0 Å². The van der Waals surface area contributed by atoms with E-state index in [1.165, 1.54) is 0 Å². The second kappa shape index (κ2) is 8.48. The second-order valence-electron chi connectivity index (χ2n) is 5.89. The number of carbonyl (C=O) groups is 4. The fourth-order valence-corrected chi connectivity index (χ4v) is 2.99. The van der Waals surface area contributed by atoms with Crippen molar-refractivity contribution < 1.29 is 28.7 Å². The molecule has 144 valence electrons. The summed E-state index contributed by atoms with van der Waals surface area (Å²) in [5, 5.41) is 0. The van der Waals surface area contributed by atoms with Crippen molar-refractivity contribution in [3.05, 3.63) is 45.0 Å². The highest BCUT2D eigenvalue weighted by Crippen LogP contribution is 2.25. The Labute approximate surface area is 156 Å². The molecule has 0 atom stereocenters. The van der Waals surface area contributed by atoms with Crippen LogP contribution in [0.25, 0.3) is 0 Å². The van der Waals surface area contributed by atoms with Gasteiger partial charge in [-0.25, -0.2) is 9.59 Å².